The molecular formula is CH3Br2PSe. The maximum absolute atomic E-state index is 3.35. The van der Waals surface area contributed by atoms with Crippen LogP contribution >= 0.6 is 33.9 Å². The molecule has 0 amide bonds. The Hall–Kier alpha value is 1.91. The molecule has 0 aromatic rings. The first-order valence-corrected chi connectivity index (χ1v) is 9.46. The van der Waals surface area contributed by atoms with E-state index in [0.29, 0.717) is 0 Å². The minimum absolute atomic E-state index is 0.889. The first kappa shape index (κ1) is 6.91. The van der Waals surface area contributed by atoms with E-state index >= 15 is 0 Å². The van der Waals surface area contributed by atoms with Gasteiger partial charge in [0.2, 0.25) is 0 Å². The van der Waals surface area contributed by atoms with Crippen molar-refractivity contribution in [3.8, 4) is 0 Å². The van der Waals surface area contributed by atoms with Crippen molar-refractivity contribution in [1.29, 1.82) is 0 Å². The van der Waals surface area contributed by atoms with Crippen LogP contribution < -0.4 is 0 Å². The van der Waals surface area contributed by atoms with E-state index in [1.54, 1.807) is 0 Å². The molecule has 0 atom stereocenters. The van der Waals surface area contributed by atoms with Crippen LogP contribution in [0.25, 0.3) is 0 Å². The van der Waals surface area contributed by atoms with Gasteiger partial charge in [-0.15, -0.1) is 0 Å². The molecule has 0 N–H and O–H groups in total. The molecule has 32 valence electrons. The van der Waals surface area contributed by atoms with Crippen molar-refractivity contribution in [2.45, 2.75) is 0 Å². The normalized spacial score (nSPS) is 11.8. The van der Waals surface area contributed by atoms with Crippen molar-refractivity contribution in [2.24, 2.45) is 0 Å². The topological polar surface area (TPSA) is 0 Å². The zero-order valence-electron chi connectivity index (χ0n) is 2.61. The Morgan fingerprint density at radius 1 is 1.60 bits per heavy atom. The van der Waals surface area contributed by atoms with Crippen LogP contribution in [0.3, 0.4) is 0 Å². The molecule has 0 fully saturated rings. The third-order valence-corrected chi connectivity index (χ3v) is 0. The molecule has 0 aliphatic carbocycles. The number of rotatable bonds is 0. The van der Waals surface area contributed by atoms with Crippen molar-refractivity contribution in [3.05, 3.63) is 0 Å². The van der Waals surface area contributed by atoms with Gasteiger partial charge in [0.15, 0.2) is 0 Å². The molecule has 0 radical (unpaired) electrons. The molecule has 0 saturated heterocycles. The summed E-state index contributed by atoms with van der Waals surface area (Å²) in [6.45, 7) is 2.08. The summed E-state index contributed by atoms with van der Waals surface area (Å²) in [6, 6.07) is 0. The van der Waals surface area contributed by atoms with E-state index in [-0.39, 0.29) is 0 Å². The van der Waals surface area contributed by atoms with Gasteiger partial charge in [0.1, 0.15) is 0 Å². The Labute approximate surface area is 55.4 Å². The van der Waals surface area contributed by atoms with E-state index in [4.69, 9.17) is 0 Å². The summed E-state index contributed by atoms with van der Waals surface area (Å²) < 4.78 is -0.889. The monoisotopic (exact) mass is 284 g/mol. The quantitative estimate of drug-likeness (QED) is 0.473. The molecule has 0 rings (SSSR count). The summed E-state index contributed by atoms with van der Waals surface area (Å²) in [5, 5.41) is 0. The number of hydrogen-bond acceptors (Lipinski definition) is 0. The zero-order valence-corrected chi connectivity index (χ0v) is 8.39. The summed E-state index contributed by atoms with van der Waals surface area (Å²) >= 11 is 9.62. The van der Waals surface area contributed by atoms with Gasteiger partial charge in [-0.3, -0.25) is 0 Å². The van der Waals surface area contributed by atoms with E-state index in [2.05, 4.69) is 52.7 Å². The van der Waals surface area contributed by atoms with Gasteiger partial charge in [0.05, 0.1) is 0 Å². The second-order valence-electron chi connectivity index (χ2n) is 0.723. The molecule has 0 aromatic carbocycles. The van der Waals surface area contributed by atoms with Gasteiger partial charge in [-0.1, -0.05) is 0 Å². The molecule has 0 nitrogen and oxygen atoms in total. The van der Waals surface area contributed by atoms with Gasteiger partial charge in [0.25, 0.3) is 0 Å². The molecule has 0 aliphatic heterocycles. The van der Waals surface area contributed by atoms with E-state index in [1.807, 2.05) is 0 Å². The summed E-state index contributed by atoms with van der Waals surface area (Å²) in [5.41, 5.74) is 0. The fourth-order valence-corrected chi connectivity index (χ4v) is 0. The van der Waals surface area contributed by atoms with Crippen molar-refractivity contribution in [1.82, 2.24) is 0 Å². The van der Waals surface area contributed by atoms with Crippen molar-refractivity contribution in [3.63, 3.8) is 0 Å². The van der Waals surface area contributed by atoms with Gasteiger partial charge < -0.3 is 0 Å². The zero-order chi connectivity index (χ0) is 4.50. The first-order valence-electron chi connectivity index (χ1n) is 0.968. The Bertz CT molecular complexity index is 55.8. The van der Waals surface area contributed by atoms with Gasteiger partial charge in [-0.2, -0.15) is 0 Å². The Balaban J connectivity index is 3.47. The fraction of sp³-hybridized carbons (Fsp3) is 1.00. The Kier molecular flexibility index (Phi) is 3.15. The second kappa shape index (κ2) is 2.28. The molecule has 4 heteroatoms. The van der Waals surface area contributed by atoms with Crippen molar-refractivity contribution in [2.75, 3.05) is 6.66 Å². The predicted molar refractivity (Wildman–Crippen MR) is 36.5 cm³/mol. The number of halogens is 2. The van der Waals surface area contributed by atoms with Crippen LogP contribution in [0.2, 0.25) is 0 Å². The molecule has 0 bridgehead atoms. The average Bonchev–Trinajstić information content (AvgIpc) is 0.722. The SMILES string of the molecule is CP(=[Se])(Br)Br. The Morgan fingerprint density at radius 3 is 1.60 bits per heavy atom. The van der Waals surface area contributed by atoms with Crippen LogP contribution in [0.1, 0.15) is 0 Å². The van der Waals surface area contributed by atoms with Crippen LogP contribution in [0.5, 0.6) is 0 Å². The van der Waals surface area contributed by atoms with E-state index < -0.39 is 2.91 Å². The van der Waals surface area contributed by atoms with E-state index in [0.717, 1.165) is 0 Å². The van der Waals surface area contributed by atoms with Crippen LogP contribution in [-0.2, 0) is 0 Å². The van der Waals surface area contributed by atoms with Crippen molar-refractivity contribution < 1.29 is 0 Å². The van der Waals surface area contributed by atoms with Crippen LogP contribution in [-0.4, -0.2) is 21.8 Å². The third-order valence-electron chi connectivity index (χ3n) is 0. The average molecular weight is 285 g/mol. The minimum atomic E-state index is -0.889. The maximum atomic E-state index is 3.35. The fourth-order valence-electron chi connectivity index (χ4n) is 0. The summed E-state index contributed by atoms with van der Waals surface area (Å²) in [5.74, 6) is 0. The van der Waals surface area contributed by atoms with E-state index in [9.17, 15) is 0 Å². The summed E-state index contributed by atoms with van der Waals surface area (Å²) in [7, 11) is 0. The van der Waals surface area contributed by atoms with Gasteiger partial charge in [-0.25, -0.2) is 0 Å². The van der Waals surface area contributed by atoms with E-state index in [1.165, 1.54) is 0 Å². The molecule has 0 aromatic heterocycles. The van der Waals surface area contributed by atoms with Gasteiger partial charge in [0, 0.05) is 0 Å². The van der Waals surface area contributed by atoms with Crippen LogP contribution in [0.4, 0.5) is 0 Å². The molecule has 5 heavy (non-hydrogen) atoms. The first-order chi connectivity index (χ1) is 2.00. The van der Waals surface area contributed by atoms with Gasteiger partial charge >= 0.3 is 55.7 Å². The molecule has 0 heterocycles. The third kappa shape index (κ3) is 24.8. The Morgan fingerprint density at radius 2 is 1.60 bits per heavy atom. The molecule has 0 saturated carbocycles. The molecule has 0 unspecified atom stereocenters. The summed E-state index contributed by atoms with van der Waals surface area (Å²) in [4.78, 5) is 0. The van der Waals surface area contributed by atoms with Crippen molar-refractivity contribution >= 4 is 49.0 Å². The molecule has 0 aliphatic rings. The number of hydrogen-bond donors (Lipinski definition) is 0. The standard InChI is InChI=1S/CH3Br2PSe/c1-4(2,3)5/h1H3. The molecular weight excluding hydrogens is 282 g/mol. The molecule has 0 spiro atoms. The second-order valence-corrected chi connectivity index (χ2v) is 24.5. The van der Waals surface area contributed by atoms with Gasteiger partial charge in [-0.05, 0) is 0 Å². The van der Waals surface area contributed by atoms with Crippen LogP contribution in [0, 0.1) is 0 Å². The predicted octanol–water partition coefficient (Wildman–Crippen LogP) is 2.34. The summed E-state index contributed by atoms with van der Waals surface area (Å²) in [6.07, 6.45) is 0. The van der Waals surface area contributed by atoms with Crippen LogP contribution in [0.15, 0.2) is 0 Å².